The summed E-state index contributed by atoms with van der Waals surface area (Å²) in [5.74, 6) is 0.418. The lowest BCUT2D eigenvalue weighted by Crippen LogP contribution is -2.00. The Balaban J connectivity index is 2.03. The first-order valence-electron chi connectivity index (χ1n) is 5.23. The molecule has 0 unspecified atom stereocenters. The molecule has 0 saturated carbocycles. The van der Waals surface area contributed by atoms with Crippen LogP contribution >= 0.6 is 34.8 Å². The minimum Gasteiger partial charge on any atom is -0.321 e. The molecular formula is C11H6Cl3N5. The van der Waals surface area contributed by atoms with Crippen LogP contribution in [0.4, 0.5) is 11.6 Å². The van der Waals surface area contributed by atoms with E-state index in [4.69, 9.17) is 34.8 Å². The number of halogens is 3. The lowest BCUT2D eigenvalue weighted by molar-refractivity contribution is 0.936. The van der Waals surface area contributed by atoms with Crippen molar-refractivity contribution in [2.45, 2.75) is 0 Å². The predicted octanol–water partition coefficient (Wildman–Crippen LogP) is 3.83. The molecule has 0 spiro atoms. The SMILES string of the molecule is Clc1ccc(Nc2nnc3ccc(Cl)nn23)c(Cl)c1. The standard InChI is InChI=1S/C11H6Cl3N5/c12-6-1-2-8(7(13)5-6)15-11-17-16-10-4-3-9(14)18-19(10)11/h1-5H,(H,15,17). The fraction of sp³-hybridized carbons (Fsp3) is 0. The van der Waals surface area contributed by atoms with E-state index in [1.54, 1.807) is 30.3 Å². The maximum absolute atomic E-state index is 6.08. The Labute approximate surface area is 123 Å². The summed E-state index contributed by atoms with van der Waals surface area (Å²) in [4.78, 5) is 0. The van der Waals surface area contributed by atoms with Gasteiger partial charge in [0.2, 0.25) is 0 Å². The summed E-state index contributed by atoms with van der Waals surface area (Å²) in [6, 6.07) is 8.46. The van der Waals surface area contributed by atoms with Crippen molar-refractivity contribution in [3.63, 3.8) is 0 Å². The van der Waals surface area contributed by atoms with Gasteiger partial charge in [-0.05, 0) is 30.3 Å². The summed E-state index contributed by atoms with van der Waals surface area (Å²) < 4.78 is 1.49. The number of nitrogens with zero attached hydrogens (tertiary/aromatic N) is 4. The molecule has 1 N–H and O–H groups in total. The first-order chi connectivity index (χ1) is 9.13. The molecule has 0 amide bonds. The molecule has 8 heteroatoms. The molecule has 0 radical (unpaired) electrons. The van der Waals surface area contributed by atoms with Crippen LogP contribution in [0.25, 0.3) is 5.65 Å². The van der Waals surface area contributed by atoms with Crippen molar-refractivity contribution < 1.29 is 0 Å². The summed E-state index contributed by atoms with van der Waals surface area (Å²) in [7, 11) is 0. The highest BCUT2D eigenvalue weighted by molar-refractivity contribution is 6.36. The smallest absolute Gasteiger partial charge is 0.250 e. The number of benzene rings is 1. The van der Waals surface area contributed by atoms with Gasteiger partial charge in [0.25, 0.3) is 5.95 Å². The Bertz CT molecular complexity index is 755. The summed E-state index contributed by atoms with van der Waals surface area (Å²) >= 11 is 17.8. The van der Waals surface area contributed by atoms with Crippen LogP contribution in [-0.4, -0.2) is 19.8 Å². The Hall–Kier alpha value is -1.56. The lowest BCUT2D eigenvalue weighted by Gasteiger charge is -2.06. The van der Waals surface area contributed by atoms with Gasteiger partial charge < -0.3 is 5.32 Å². The zero-order chi connectivity index (χ0) is 13.4. The topological polar surface area (TPSA) is 55.1 Å². The van der Waals surface area contributed by atoms with Gasteiger partial charge in [0.05, 0.1) is 10.7 Å². The van der Waals surface area contributed by atoms with E-state index in [1.807, 2.05) is 0 Å². The molecule has 2 heterocycles. The summed E-state index contributed by atoms with van der Waals surface area (Å²) in [6.45, 7) is 0. The van der Waals surface area contributed by atoms with E-state index >= 15 is 0 Å². The van der Waals surface area contributed by atoms with Crippen LogP contribution in [0, 0.1) is 0 Å². The van der Waals surface area contributed by atoms with Crippen LogP contribution in [0.15, 0.2) is 30.3 Å². The number of fused-ring (bicyclic) bond motifs is 1. The maximum atomic E-state index is 6.08. The lowest BCUT2D eigenvalue weighted by atomic mass is 10.3. The van der Waals surface area contributed by atoms with Gasteiger partial charge in [-0.2, -0.15) is 9.61 Å². The maximum Gasteiger partial charge on any atom is 0.250 e. The minimum atomic E-state index is 0.345. The van der Waals surface area contributed by atoms with Crippen LogP contribution in [-0.2, 0) is 0 Å². The molecule has 0 aliphatic rings. The van der Waals surface area contributed by atoms with Crippen molar-refractivity contribution in [3.05, 3.63) is 45.5 Å². The normalized spacial score (nSPS) is 10.9. The zero-order valence-corrected chi connectivity index (χ0v) is 11.6. The van der Waals surface area contributed by atoms with E-state index in [9.17, 15) is 0 Å². The quantitative estimate of drug-likeness (QED) is 0.781. The molecule has 0 aliphatic carbocycles. The molecule has 0 aliphatic heterocycles. The summed E-state index contributed by atoms with van der Waals surface area (Å²) in [5.41, 5.74) is 1.24. The minimum absolute atomic E-state index is 0.345. The average Bonchev–Trinajstić information content (AvgIpc) is 2.75. The van der Waals surface area contributed by atoms with Gasteiger partial charge in [0.1, 0.15) is 5.15 Å². The van der Waals surface area contributed by atoms with E-state index in [-0.39, 0.29) is 0 Å². The number of hydrogen-bond acceptors (Lipinski definition) is 4. The predicted molar refractivity (Wildman–Crippen MR) is 75.5 cm³/mol. The van der Waals surface area contributed by atoms with E-state index in [0.29, 0.717) is 32.5 Å². The number of aromatic nitrogens is 4. The second kappa shape index (κ2) is 4.85. The number of hydrogen-bond donors (Lipinski definition) is 1. The third kappa shape index (κ3) is 2.45. The van der Waals surface area contributed by atoms with Gasteiger partial charge in [0.15, 0.2) is 5.65 Å². The van der Waals surface area contributed by atoms with E-state index in [2.05, 4.69) is 20.6 Å². The molecule has 0 fully saturated rings. The highest BCUT2D eigenvalue weighted by atomic mass is 35.5. The van der Waals surface area contributed by atoms with Gasteiger partial charge >= 0.3 is 0 Å². The highest BCUT2D eigenvalue weighted by Gasteiger charge is 2.09. The molecule has 0 bridgehead atoms. The molecule has 19 heavy (non-hydrogen) atoms. The van der Waals surface area contributed by atoms with Crippen molar-refractivity contribution in [2.75, 3.05) is 5.32 Å². The molecular weight excluding hydrogens is 309 g/mol. The molecule has 0 atom stereocenters. The van der Waals surface area contributed by atoms with Crippen molar-refractivity contribution >= 4 is 52.1 Å². The van der Waals surface area contributed by atoms with E-state index in [1.165, 1.54) is 4.52 Å². The van der Waals surface area contributed by atoms with Crippen LogP contribution in [0.5, 0.6) is 0 Å². The summed E-state index contributed by atoms with van der Waals surface area (Å²) in [5, 5.41) is 16.5. The number of nitrogens with one attached hydrogen (secondary N) is 1. The van der Waals surface area contributed by atoms with Crippen molar-refractivity contribution in [1.29, 1.82) is 0 Å². The van der Waals surface area contributed by atoms with Gasteiger partial charge in [-0.3, -0.25) is 0 Å². The Kier molecular flexibility index (Phi) is 3.18. The molecule has 3 rings (SSSR count). The largest absolute Gasteiger partial charge is 0.321 e. The third-order valence-corrected chi connectivity index (χ3v) is 3.16. The first-order valence-corrected chi connectivity index (χ1v) is 6.37. The fourth-order valence-corrected chi connectivity index (χ4v) is 2.15. The third-order valence-electron chi connectivity index (χ3n) is 2.41. The van der Waals surface area contributed by atoms with Gasteiger partial charge in [-0.1, -0.05) is 34.8 Å². The van der Waals surface area contributed by atoms with Crippen LogP contribution < -0.4 is 5.32 Å². The van der Waals surface area contributed by atoms with Crippen LogP contribution in [0.2, 0.25) is 15.2 Å². The van der Waals surface area contributed by atoms with Crippen LogP contribution in [0.1, 0.15) is 0 Å². The second-order valence-electron chi connectivity index (χ2n) is 3.70. The fourth-order valence-electron chi connectivity index (χ4n) is 1.56. The molecule has 0 saturated heterocycles. The van der Waals surface area contributed by atoms with Crippen LogP contribution in [0.3, 0.4) is 0 Å². The van der Waals surface area contributed by atoms with Crippen molar-refractivity contribution in [3.8, 4) is 0 Å². The zero-order valence-electron chi connectivity index (χ0n) is 9.31. The highest BCUT2D eigenvalue weighted by Crippen LogP contribution is 2.27. The van der Waals surface area contributed by atoms with Crippen molar-refractivity contribution in [1.82, 2.24) is 19.8 Å². The Morgan fingerprint density at radius 3 is 2.63 bits per heavy atom. The molecule has 5 nitrogen and oxygen atoms in total. The van der Waals surface area contributed by atoms with Gasteiger partial charge in [0, 0.05) is 5.02 Å². The Morgan fingerprint density at radius 1 is 1.00 bits per heavy atom. The van der Waals surface area contributed by atoms with E-state index in [0.717, 1.165) is 0 Å². The molecule has 1 aromatic carbocycles. The van der Waals surface area contributed by atoms with E-state index < -0.39 is 0 Å². The molecule has 3 aromatic rings. The average molecular weight is 315 g/mol. The molecule has 96 valence electrons. The number of anilines is 2. The second-order valence-corrected chi connectivity index (χ2v) is 4.93. The first kappa shape index (κ1) is 12.5. The molecule has 2 aromatic heterocycles. The monoisotopic (exact) mass is 313 g/mol. The van der Waals surface area contributed by atoms with Gasteiger partial charge in [-0.15, -0.1) is 10.2 Å². The summed E-state index contributed by atoms with van der Waals surface area (Å²) in [6.07, 6.45) is 0. The Morgan fingerprint density at radius 2 is 1.84 bits per heavy atom. The van der Waals surface area contributed by atoms with Crippen molar-refractivity contribution in [2.24, 2.45) is 0 Å². The van der Waals surface area contributed by atoms with Gasteiger partial charge in [-0.25, -0.2) is 0 Å². The number of rotatable bonds is 2.